The fourth-order valence-corrected chi connectivity index (χ4v) is 3.62. The summed E-state index contributed by atoms with van der Waals surface area (Å²) in [7, 11) is 0. The zero-order valence-electron chi connectivity index (χ0n) is 16.0. The molecule has 0 N–H and O–H groups in total. The van der Waals surface area contributed by atoms with Crippen LogP contribution < -0.4 is 4.74 Å². The first-order chi connectivity index (χ1) is 14.5. The van der Waals surface area contributed by atoms with Crippen LogP contribution in [-0.2, 0) is 11.2 Å². The van der Waals surface area contributed by atoms with Gasteiger partial charge in [-0.1, -0.05) is 23.7 Å². The smallest absolute Gasteiger partial charge is 0.261 e. The third-order valence-corrected chi connectivity index (χ3v) is 5.22. The van der Waals surface area contributed by atoms with Gasteiger partial charge in [-0.2, -0.15) is 0 Å². The lowest BCUT2D eigenvalue weighted by Crippen LogP contribution is -2.34. The second-order valence-corrected chi connectivity index (χ2v) is 7.51. The number of aromatic nitrogens is 1. The summed E-state index contributed by atoms with van der Waals surface area (Å²) in [6.45, 7) is 0.186. The van der Waals surface area contributed by atoms with Gasteiger partial charge in [0.2, 0.25) is 5.89 Å². The Bertz CT molecular complexity index is 1040. The first-order valence-corrected chi connectivity index (χ1v) is 9.94. The second kappa shape index (κ2) is 8.83. The van der Waals surface area contributed by atoms with E-state index < -0.39 is 11.6 Å². The Morgan fingerprint density at radius 1 is 1.23 bits per heavy atom. The molecule has 1 amide bonds. The van der Waals surface area contributed by atoms with E-state index in [-0.39, 0.29) is 24.3 Å². The molecule has 1 aliphatic rings. The lowest BCUT2D eigenvalue weighted by Gasteiger charge is -2.22. The molecule has 1 aliphatic heterocycles. The molecule has 0 saturated carbocycles. The summed E-state index contributed by atoms with van der Waals surface area (Å²) >= 11 is 5.91. The molecule has 1 fully saturated rings. The summed E-state index contributed by atoms with van der Waals surface area (Å²) in [5.74, 6) is -0.862. The molecule has 2 aromatic carbocycles. The number of ether oxygens (including phenoxy) is 1. The van der Waals surface area contributed by atoms with E-state index in [0.717, 1.165) is 30.5 Å². The van der Waals surface area contributed by atoms with Crippen LogP contribution >= 0.6 is 11.6 Å². The van der Waals surface area contributed by atoms with Crippen LogP contribution in [0.2, 0.25) is 5.02 Å². The largest absolute Gasteiger partial charge is 0.481 e. The number of carbonyl (C=O) groups is 1. The van der Waals surface area contributed by atoms with Crippen LogP contribution in [0.1, 0.15) is 36.1 Å². The van der Waals surface area contributed by atoms with Crippen LogP contribution in [0, 0.1) is 11.6 Å². The van der Waals surface area contributed by atoms with E-state index in [1.54, 1.807) is 11.1 Å². The molecular weight excluding hydrogens is 414 g/mol. The number of amides is 1. The van der Waals surface area contributed by atoms with Crippen molar-refractivity contribution in [1.29, 1.82) is 0 Å². The number of halogens is 3. The molecule has 5 nitrogen and oxygen atoms in total. The number of benzene rings is 2. The number of nitrogens with zero attached hydrogens (tertiary/aromatic N) is 2. The van der Waals surface area contributed by atoms with Crippen molar-refractivity contribution in [2.24, 2.45) is 0 Å². The number of rotatable bonds is 6. The molecule has 8 heteroatoms. The Kier molecular flexibility index (Phi) is 5.99. The van der Waals surface area contributed by atoms with Gasteiger partial charge in [0.05, 0.1) is 6.20 Å². The van der Waals surface area contributed by atoms with Crippen molar-refractivity contribution in [3.8, 4) is 5.75 Å². The fourth-order valence-electron chi connectivity index (χ4n) is 3.50. The zero-order valence-corrected chi connectivity index (χ0v) is 16.7. The molecule has 0 unspecified atom stereocenters. The van der Waals surface area contributed by atoms with Gasteiger partial charge in [0.15, 0.2) is 18.2 Å². The van der Waals surface area contributed by atoms with E-state index in [1.165, 1.54) is 0 Å². The van der Waals surface area contributed by atoms with E-state index in [1.807, 2.05) is 24.3 Å². The Hall–Kier alpha value is -2.93. The highest BCUT2D eigenvalue weighted by atomic mass is 35.5. The van der Waals surface area contributed by atoms with Gasteiger partial charge < -0.3 is 14.1 Å². The second-order valence-electron chi connectivity index (χ2n) is 7.08. The molecule has 0 spiro atoms. The van der Waals surface area contributed by atoms with E-state index in [2.05, 4.69) is 4.98 Å². The summed E-state index contributed by atoms with van der Waals surface area (Å²) < 4.78 is 37.8. The van der Waals surface area contributed by atoms with Crippen molar-refractivity contribution in [3.63, 3.8) is 0 Å². The molecule has 3 aromatic rings. The topological polar surface area (TPSA) is 55.6 Å². The molecule has 2 heterocycles. The van der Waals surface area contributed by atoms with Crippen molar-refractivity contribution in [2.45, 2.75) is 25.3 Å². The third kappa shape index (κ3) is 4.62. The highest BCUT2D eigenvalue weighted by molar-refractivity contribution is 6.30. The van der Waals surface area contributed by atoms with E-state index in [4.69, 9.17) is 20.8 Å². The number of likely N-dealkylation sites (tertiary alicyclic amines) is 1. The zero-order chi connectivity index (χ0) is 21.1. The predicted molar refractivity (Wildman–Crippen MR) is 106 cm³/mol. The number of hydrogen-bond donors (Lipinski definition) is 0. The highest BCUT2D eigenvalue weighted by Crippen LogP contribution is 2.32. The van der Waals surface area contributed by atoms with Crippen molar-refractivity contribution in [2.75, 3.05) is 13.2 Å². The molecule has 1 aromatic heterocycles. The third-order valence-electron chi connectivity index (χ3n) is 4.97. The van der Waals surface area contributed by atoms with E-state index in [9.17, 15) is 13.6 Å². The van der Waals surface area contributed by atoms with Gasteiger partial charge >= 0.3 is 0 Å². The Balaban J connectivity index is 1.40. The van der Waals surface area contributed by atoms with Crippen molar-refractivity contribution in [1.82, 2.24) is 9.88 Å². The summed E-state index contributed by atoms with van der Waals surface area (Å²) in [4.78, 5) is 18.6. The van der Waals surface area contributed by atoms with Crippen LogP contribution in [0.4, 0.5) is 8.78 Å². The lowest BCUT2D eigenvalue weighted by molar-refractivity contribution is -0.134. The molecule has 156 valence electrons. The van der Waals surface area contributed by atoms with Crippen molar-refractivity contribution >= 4 is 17.5 Å². The van der Waals surface area contributed by atoms with Gasteiger partial charge in [-0.05, 0) is 42.7 Å². The maximum atomic E-state index is 13.7. The number of carbonyl (C=O) groups excluding carboxylic acids is 1. The van der Waals surface area contributed by atoms with Gasteiger partial charge in [-0.25, -0.2) is 13.8 Å². The summed E-state index contributed by atoms with van der Waals surface area (Å²) in [6.07, 6.45) is 3.75. The van der Waals surface area contributed by atoms with Gasteiger partial charge in [0, 0.05) is 24.1 Å². The van der Waals surface area contributed by atoms with Gasteiger partial charge in [0.1, 0.15) is 17.6 Å². The van der Waals surface area contributed by atoms with Gasteiger partial charge in [-0.15, -0.1) is 0 Å². The molecule has 0 radical (unpaired) electrons. The van der Waals surface area contributed by atoms with Crippen LogP contribution in [0.5, 0.6) is 5.75 Å². The monoisotopic (exact) mass is 432 g/mol. The number of oxazole rings is 1. The van der Waals surface area contributed by atoms with Gasteiger partial charge in [0.25, 0.3) is 5.91 Å². The first kappa shape index (κ1) is 20.3. The van der Waals surface area contributed by atoms with Gasteiger partial charge in [-0.3, -0.25) is 4.79 Å². The molecule has 1 saturated heterocycles. The average molecular weight is 433 g/mol. The molecular formula is C22H19ClF2N2O3. The Morgan fingerprint density at radius 3 is 2.80 bits per heavy atom. The molecule has 1 atom stereocenters. The molecule has 0 aliphatic carbocycles. The SMILES string of the molecule is O=C(COc1ccc(F)cc1F)N1CCC[C@@H]1c1ncc(Cc2ccc(Cl)cc2)o1. The van der Waals surface area contributed by atoms with Crippen molar-refractivity contribution in [3.05, 3.63) is 82.5 Å². The molecule has 30 heavy (non-hydrogen) atoms. The van der Waals surface area contributed by atoms with Crippen LogP contribution in [0.25, 0.3) is 0 Å². The fraction of sp³-hybridized carbons (Fsp3) is 0.273. The summed E-state index contributed by atoms with van der Waals surface area (Å²) in [5.41, 5.74) is 1.04. The maximum Gasteiger partial charge on any atom is 0.261 e. The Labute approximate surface area is 177 Å². The van der Waals surface area contributed by atoms with Crippen LogP contribution in [0.15, 0.2) is 53.1 Å². The molecule has 0 bridgehead atoms. The minimum Gasteiger partial charge on any atom is -0.481 e. The average Bonchev–Trinajstić information content (AvgIpc) is 3.38. The summed E-state index contributed by atoms with van der Waals surface area (Å²) in [6, 6.07) is 10.1. The first-order valence-electron chi connectivity index (χ1n) is 9.56. The molecule has 4 rings (SSSR count). The quantitative estimate of drug-likeness (QED) is 0.553. The van der Waals surface area contributed by atoms with E-state index >= 15 is 0 Å². The maximum absolute atomic E-state index is 13.7. The van der Waals surface area contributed by atoms with E-state index in [0.29, 0.717) is 35.7 Å². The Morgan fingerprint density at radius 2 is 2.03 bits per heavy atom. The van der Waals surface area contributed by atoms with Crippen LogP contribution in [-0.4, -0.2) is 28.9 Å². The predicted octanol–water partition coefficient (Wildman–Crippen LogP) is 4.94. The van der Waals surface area contributed by atoms with Crippen molar-refractivity contribution < 1.29 is 22.7 Å². The minimum absolute atomic E-state index is 0.165. The minimum atomic E-state index is -0.847. The standard InChI is InChI=1S/C22H19ClF2N2O3/c23-15-5-3-14(4-6-15)10-17-12-26-22(30-17)19-2-1-9-27(19)21(28)13-29-20-8-7-16(24)11-18(20)25/h3-8,11-12,19H,1-2,9-10,13H2/t19-/m1/s1. The highest BCUT2D eigenvalue weighted by Gasteiger charge is 2.33. The lowest BCUT2D eigenvalue weighted by atomic mass is 10.1. The van der Waals surface area contributed by atoms with Crippen LogP contribution in [0.3, 0.4) is 0 Å². The number of hydrogen-bond acceptors (Lipinski definition) is 4. The normalized spacial score (nSPS) is 16.1. The summed E-state index contributed by atoms with van der Waals surface area (Å²) in [5, 5.41) is 0.667.